The average molecular weight is 318 g/mol. The van der Waals surface area contributed by atoms with Crippen molar-refractivity contribution in [1.82, 2.24) is 10.2 Å². The quantitative estimate of drug-likeness (QED) is 0.875. The second-order valence-electron chi connectivity index (χ2n) is 6.21. The van der Waals surface area contributed by atoms with E-state index >= 15 is 0 Å². The zero-order chi connectivity index (χ0) is 16.2. The van der Waals surface area contributed by atoms with Crippen LogP contribution in [0.3, 0.4) is 0 Å². The first kappa shape index (κ1) is 16.1. The van der Waals surface area contributed by atoms with Gasteiger partial charge in [-0.2, -0.15) is 0 Å². The molecule has 6 heteroatoms. The molecule has 2 amide bonds. The van der Waals surface area contributed by atoms with E-state index in [2.05, 4.69) is 10.2 Å². The Morgan fingerprint density at radius 1 is 1.35 bits per heavy atom. The molecule has 1 aromatic rings. The van der Waals surface area contributed by atoms with Crippen LogP contribution >= 0.6 is 0 Å². The summed E-state index contributed by atoms with van der Waals surface area (Å²) in [6.07, 6.45) is 2.80. The van der Waals surface area contributed by atoms with Gasteiger partial charge in [-0.15, -0.1) is 0 Å². The lowest BCUT2D eigenvalue weighted by Crippen LogP contribution is -2.51. The Hall–Kier alpha value is -1.79. The monoisotopic (exact) mass is 318 g/mol. The number of carbonyl (C=O) groups excluding carboxylic acids is 1. The van der Waals surface area contributed by atoms with Crippen LogP contribution in [0.5, 0.6) is 5.75 Å². The molecule has 1 aromatic carbocycles. The number of anilines is 1. The molecule has 3 N–H and O–H groups in total. The van der Waals surface area contributed by atoms with Crippen LogP contribution in [0.2, 0.25) is 0 Å². The number of nitrogens with zero attached hydrogens (tertiary/aromatic N) is 2. The first-order valence-corrected chi connectivity index (χ1v) is 8.39. The Kier molecular flexibility index (Phi) is 5.03. The highest BCUT2D eigenvalue weighted by Gasteiger charge is 2.31. The Morgan fingerprint density at radius 2 is 2.13 bits per heavy atom. The number of piperidine rings is 1. The highest BCUT2D eigenvalue weighted by atomic mass is 16.5. The number of hydrogen-bond acceptors (Lipinski definition) is 4. The van der Waals surface area contributed by atoms with E-state index in [1.165, 1.54) is 5.56 Å². The molecule has 3 rings (SSSR count). The minimum Gasteiger partial charge on any atom is -0.497 e. The number of likely N-dealkylation sites (tertiary alicyclic amines) is 1. The summed E-state index contributed by atoms with van der Waals surface area (Å²) in [7, 11) is 1.67. The zero-order valence-corrected chi connectivity index (χ0v) is 13.8. The molecule has 2 heterocycles. The molecule has 1 fully saturated rings. The Labute approximate surface area is 137 Å². The fourth-order valence-corrected chi connectivity index (χ4v) is 3.57. The molecule has 0 unspecified atom stereocenters. The van der Waals surface area contributed by atoms with Gasteiger partial charge >= 0.3 is 6.03 Å². The number of fused-ring (bicyclic) bond motifs is 1. The molecule has 0 aliphatic carbocycles. The summed E-state index contributed by atoms with van der Waals surface area (Å²) in [4.78, 5) is 16.9. The topological polar surface area (TPSA) is 70.8 Å². The number of carbonyl (C=O) groups is 1. The van der Waals surface area contributed by atoms with Crippen molar-refractivity contribution in [2.75, 3.05) is 44.7 Å². The summed E-state index contributed by atoms with van der Waals surface area (Å²) in [5.41, 5.74) is 7.84. The predicted molar refractivity (Wildman–Crippen MR) is 91.1 cm³/mol. The van der Waals surface area contributed by atoms with E-state index in [-0.39, 0.29) is 12.1 Å². The maximum Gasteiger partial charge on any atom is 0.322 e. The average Bonchev–Trinajstić information content (AvgIpc) is 2.73. The van der Waals surface area contributed by atoms with Crippen LogP contribution in [0.25, 0.3) is 0 Å². The van der Waals surface area contributed by atoms with Crippen LogP contribution in [0.4, 0.5) is 10.5 Å². The van der Waals surface area contributed by atoms with Gasteiger partial charge in [0.15, 0.2) is 0 Å². The zero-order valence-electron chi connectivity index (χ0n) is 13.8. The summed E-state index contributed by atoms with van der Waals surface area (Å²) in [5.74, 6) is 0.843. The second-order valence-corrected chi connectivity index (χ2v) is 6.21. The van der Waals surface area contributed by atoms with E-state index in [1.807, 2.05) is 23.1 Å². The predicted octanol–water partition coefficient (Wildman–Crippen LogP) is 1.19. The molecule has 6 nitrogen and oxygen atoms in total. The molecule has 1 saturated heterocycles. The van der Waals surface area contributed by atoms with E-state index in [4.69, 9.17) is 10.5 Å². The molecule has 0 aromatic heterocycles. The van der Waals surface area contributed by atoms with Crippen molar-refractivity contribution in [3.8, 4) is 5.75 Å². The third kappa shape index (κ3) is 3.43. The molecule has 2 aliphatic heterocycles. The number of hydrogen-bond donors (Lipinski definition) is 2. The number of nitrogens with one attached hydrogen (secondary N) is 1. The van der Waals surface area contributed by atoms with Gasteiger partial charge in [0.05, 0.1) is 7.11 Å². The van der Waals surface area contributed by atoms with Gasteiger partial charge in [-0.1, -0.05) is 0 Å². The van der Waals surface area contributed by atoms with Crippen molar-refractivity contribution >= 4 is 11.7 Å². The highest BCUT2D eigenvalue weighted by Crippen LogP contribution is 2.31. The van der Waals surface area contributed by atoms with Gasteiger partial charge in [-0.05, 0) is 43.0 Å². The van der Waals surface area contributed by atoms with Crippen molar-refractivity contribution in [2.24, 2.45) is 5.73 Å². The normalized spacial score (nSPS) is 19.9. The molecule has 0 bridgehead atoms. The lowest BCUT2D eigenvalue weighted by Gasteiger charge is -2.38. The van der Waals surface area contributed by atoms with Crippen LogP contribution < -0.4 is 20.7 Å². The van der Waals surface area contributed by atoms with Crippen LogP contribution in [0, 0.1) is 0 Å². The summed E-state index contributed by atoms with van der Waals surface area (Å²) in [6, 6.07) is 6.27. The summed E-state index contributed by atoms with van der Waals surface area (Å²) >= 11 is 0. The lowest BCUT2D eigenvalue weighted by molar-refractivity contribution is 0.208. The van der Waals surface area contributed by atoms with Gasteiger partial charge in [0.2, 0.25) is 0 Å². The molecule has 2 aliphatic rings. The Bertz CT molecular complexity index is 556. The largest absolute Gasteiger partial charge is 0.497 e. The Morgan fingerprint density at radius 3 is 2.83 bits per heavy atom. The number of ether oxygens (including phenoxy) is 1. The fraction of sp³-hybridized carbons (Fsp3) is 0.588. The number of nitrogens with two attached hydrogens (primary N) is 1. The first-order chi connectivity index (χ1) is 11.2. The Balaban J connectivity index is 1.82. The first-order valence-electron chi connectivity index (χ1n) is 8.39. The molecule has 126 valence electrons. The third-order valence-electron chi connectivity index (χ3n) is 4.80. The van der Waals surface area contributed by atoms with Crippen molar-refractivity contribution in [3.05, 3.63) is 23.8 Å². The van der Waals surface area contributed by atoms with Gasteiger partial charge < -0.3 is 20.7 Å². The van der Waals surface area contributed by atoms with E-state index < -0.39 is 0 Å². The van der Waals surface area contributed by atoms with Gasteiger partial charge in [0, 0.05) is 44.5 Å². The van der Waals surface area contributed by atoms with Crippen LogP contribution in [-0.2, 0) is 6.42 Å². The number of benzene rings is 1. The van der Waals surface area contributed by atoms with E-state index in [1.54, 1.807) is 7.11 Å². The van der Waals surface area contributed by atoms with Crippen LogP contribution in [0.1, 0.15) is 18.4 Å². The minimum atomic E-state index is 0.0196. The summed E-state index contributed by atoms with van der Waals surface area (Å²) in [6.45, 7) is 4.29. The number of amides is 2. The van der Waals surface area contributed by atoms with E-state index in [0.717, 1.165) is 50.3 Å². The van der Waals surface area contributed by atoms with Crippen molar-refractivity contribution < 1.29 is 9.53 Å². The highest BCUT2D eigenvalue weighted by molar-refractivity contribution is 5.94. The van der Waals surface area contributed by atoms with E-state index in [0.29, 0.717) is 13.1 Å². The summed E-state index contributed by atoms with van der Waals surface area (Å²) in [5, 5.41) is 3.03. The molecular weight excluding hydrogens is 292 g/mol. The van der Waals surface area contributed by atoms with Gasteiger partial charge in [-0.3, -0.25) is 4.90 Å². The maximum absolute atomic E-state index is 12.6. The number of urea groups is 1. The third-order valence-corrected chi connectivity index (χ3v) is 4.80. The lowest BCUT2D eigenvalue weighted by atomic mass is 10.0. The fourth-order valence-electron chi connectivity index (χ4n) is 3.57. The molecule has 0 radical (unpaired) electrons. The molecular formula is C17H26N4O2. The smallest absolute Gasteiger partial charge is 0.322 e. The maximum atomic E-state index is 12.6. The molecule has 0 atom stereocenters. The second kappa shape index (κ2) is 7.19. The van der Waals surface area contributed by atoms with Crippen molar-refractivity contribution in [2.45, 2.75) is 25.3 Å². The SMILES string of the molecule is COc1ccc2c(c1)CCNC(=O)N2C1CCN(CCN)CC1. The standard InChI is InChI=1S/C17H26N4O2/c1-23-15-2-3-16-13(12-15)4-8-19-17(22)21(16)14-5-9-20(10-6-14)11-7-18/h2-3,12,14H,4-11,18H2,1H3,(H,19,22). The van der Waals surface area contributed by atoms with Crippen LogP contribution in [-0.4, -0.2) is 56.8 Å². The number of methoxy groups -OCH3 is 1. The molecule has 0 saturated carbocycles. The number of rotatable bonds is 4. The molecule has 0 spiro atoms. The van der Waals surface area contributed by atoms with Crippen molar-refractivity contribution in [1.29, 1.82) is 0 Å². The van der Waals surface area contributed by atoms with Crippen LogP contribution in [0.15, 0.2) is 18.2 Å². The van der Waals surface area contributed by atoms with Gasteiger partial charge in [0.1, 0.15) is 5.75 Å². The molecule has 23 heavy (non-hydrogen) atoms. The van der Waals surface area contributed by atoms with E-state index in [9.17, 15) is 4.79 Å². The summed E-state index contributed by atoms with van der Waals surface area (Å²) < 4.78 is 5.33. The van der Waals surface area contributed by atoms with Crippen molar-refractivity contribution in [3.63, 3.8) is 0 Å². The van der Waals surface area contributed by atoms with Gasteiger partial charge in [-0.25, -0.2) is 4.79 Å². The van der Waals surface area contributed by atoms with Gasteiger partial charge in [0.25, 0.3) is 0 Å². The minimum absolute atomic E-state index is 0.0196.